The Hall–Kier alpha value is -1.25. The van der Waals surface area contributed by atoms with Gasteiger partial charge in [0.2, 0.25) is 0 Å². The summed E-state index contributed by atoms with van der Waals surface area (Å²) in [4.78, 5) is 3.94. The fourth-order valence-electron chi connectivity index (χ4n) is 0.979. The number of nitrogens with zero attached hydrogens (tertiary/aromatic N) is 2. The molecule has 1 heterocycles. The van der Waals surface area contributed by atoms with Crippen LogP contribution in [0.4, 0.5) is 5.69 Å². The lowest BCUT2D eigenvalue weighted by Crippen LogP contribution is -1.91. The average Bonchev–Trinajstić information content (AvgIpc) is 2.33. The number of hydrogen-bond donors (Lipinski definition) is 1. The molecule has 0 saturated carbocycles. The van der Waals surface area contributed by atoms with E-state index < -0.39 is 0 Å². The molecule has 1 N–H and O–H groups in total. The Morgan fingerprint density at radius 3 is 2.82 bits per heavy atom. The fraction of sp³-hybridized carbons (Fsp3) is 0.375. The summed E-state index contributed by atoms with van der Waals surface area (Å²) in [5, 5.41) is 3.06. The third-order valence-electron chi connectivity index (χ3n) is 1.59. The van der Waals surface area contributed by atoms with Crippen molar-refractivity contribution in [3.8, 4) is 0 Å². The van der Waals surface area contributed by atoms with Crippen LogP contribution in [-0.4, -0.2) is 24.9 Å². The van der Waals surface area contributed by atoms with Crippen LogP contribution in [0.25, 0.3) is 0 Å². The molecule has 0 aliphatic rings. The fourth-order valence-corrected chi connectivity index (χ4v) is 0.979. The Labute approximate surface area is 66.8 Å². The van der Waals surface area contributed by atoms with Gasteiger partial charge in [0.15, 0.2) is 0 Å². The van der Waals surface area contributed by atoms with E-state index in [0.29, 0.717) is 0 Å². The van der Waals surface area contributed by atoms with Crippen molar-refractivity contribution in [1.29, 1.82) is 0 Å². The van der Waals surface area contributed by atoms with Gasteiger partial charge in [-0.2, -0.15) is 0 Å². The second-order valence-corrected chi connectivity index (χ2v) is 2.40. The van der Waals surface area contributed by atoms with E-state index in [9.17, 15) is 0 Å². The molecule has 0 fully saturated rings. The number of anilines is 1. The Morgan fingerprint density at radius 2 is 2.36 bits per heavy atom. The third-order valence-corrected chi connectivity index (χ3v) is 1.59. The predicted octanol–water partition coefficient (Wildman–Crippen LogP) is 1.12. The molecule has 0 aliphatic carbocycles. The molecule has 0 aromatic carbocycles. The van der Waals surface area contributed by atoms with Crippen molar-refractivity contribution in [2.45, 2.75) is 0 Å². The van der Waals surface area contributed by atoms with Gasteiger partial charge in [-0.3, -0.25) is 4.99 Å². The monoisotopic (exact) mass is 151 g/mol. The maximum atomic E-state index is 3.94. The number of aryl methyl sites for hydroxylation is 1. The first-order chi connectivity index (χ1) is 5.27. The Bertz CT molecular complexity index is 260. The van der Waals surface area contributed by atoms with Crippen molar-refractivity contribution >= 4 is 11.9 Å². The lowest BCUT2D eigenvalue weighted by molar-refractivity contribution is 0.918. The van der Waals surface area contributed by atoms with E-state index in [2.05, 4.69) is 10.3 Å². The zero-order valence-corrected chi connectivity index (χ0v) is 7.13. The topological polar surface area (TPSA) is 29.3 Å². The summed E-state index contributed by atoms with van der Waals surface area (Å²) in [5.41, 5.74) is 2.22. The molecular formula is C8H13N3. The summed E-state index contributed by atoms with van der Waals surface area (Å²) < 4.78 is 2.03. The summed E-state index contributed by atoms with van der Waals surface area (Å²) in [6.07, 6.45) is 3.86. The number of aromatic nitrogens is 1. The SMILES string of the molecule is C/N=C\c1cc(NC)cn1C. The largest absolute Gasteiger partial charge is 0.387 e. The highest BCUT2D eigenvalue weighted by Gasteiger charge is 1.96. The summed E-state index contributed by atoms with van der Waals surface area (Å²) >= 11 is 0. The molecule has 1 rings (SSSR count). The quantitative estimate of drug-likeness (QED) is 0.630. The second-order valence-electron chi connectivity index (χ2n) is 2.40. The van der Waals surface area contributed by atoms with E-state index in [0.717, 1.165) is 11.4 Å². The summed E-state index contributed by atoms with van der Waals surface area (Å²) in [6, 6.07) is 2.05. The van der Waals surface area contributed by atoms with Crippen molar-refractivity contribution in [3.63, 3.8) is 0 Å². The number of nitrogens with one attached hydrogen (secondary N) is 1. The number of aliphatic imine (C=N–C) groups is 1. The first kappa shape index (κ1) is 7.85. The molecule has 3 nitrogen and oxygen atoms in total. The highest BCUT2D eigenvalue weighted by molar-refractivity contribution is 5.79. The van der Waals surface area contributed by atoms with Crippen LogP contribution >= 0.6 is 0 Å². The highest BCUT2D eigenvalue weighted by atomic mass is 15.0. The highest BCUT2D eigenvalue weighted by Crippen LogP contribution is 2.09. The van der Waals surface area contributed by atoms with Gasteiger partial charge in [0, 0.05) is 33.6 Å². The third kappa shape index (κ3) is 1.61. The van der Waals surface area contributed by atoms with Gasteiger partial charge < -0.3 is 9.88 Å². The molecular weight excluding hydrogens is 138 g/mol. The smallest absolute Gasteiger partial charge is 0.0606 e. The number of hydrogen-bond acceptors (Lipinski definition) is 2. The van der Waals surface area contributed by atoms with Gasteiger partial charge in [0.1, 0.15) is 0 Å². The predicted molar refractivity (Wildman–Crippen MR) is 48.5 cm³/mol. The van der Waals surface area contributed by atoms with Gasteiger partial charge in [-0.1, -0.05) is 0 Å². The van der Waals surface area contributed by atoms with Gasteiger partial charge in [-0.15, -0.1) is 0 Å². The van der Waals surface area contributed by atoms with E-state index in [-0.39, 0.29) is 0 Å². The Morgan fingerprint density at radius 1 is 1.64 bits per heavy atom. The van der Waals surface area contributed by atoms with Crippen LogP contribution in [0, 0.1) is 0 Å². The van der Waals surface area contributed by atoms with Crippen molar-refractivity contribution in [3.05, 3.63) is 18.0 Å². The molecule has 0 radical (unpaired) electrons. The van der Waals surface area contributed by atoms with Gasteiger partial charge in [0.05, 0.1) is 11.4 Å². The van der Waals surface area contributed by atoms with Crippen molar-refractivity contribution in [2.75, 3.05) is 19.4 Å². The first-order valence-electron chi connectivity index (χ1n) is 3.54. The lowest BCUT2D eigenvalue weighted by Gasteiger charge is -1.91. The molecule has 60 valence electrons. The van der Waals surface area contributed by atoms with E-state index in [4.69, 9.17) is 0 Å². The van der Waals surface area contributed by atoms with Crippen LogP contribution in [0.1, 0.15) is 5.69 Å². The van der Waals surface area contributed by atoms with Crippen LogP contribution < -0.4 is 5.32 Å². The normalized spacial score (nSPS) is 10.8. The molecule has 1 aromatic heterocycles. The van der Waals surface area contributed by atoms with Crippen molar-refractivity contribution < 1.29 is 0 Å². The first-order valence-corrected chi connectivity index (χ1v) is 3.54. The zero-order chi connectivity index (χ0) is 8.27. The molecule has 0 aliphatic heterocycles. The van der Waals surface area contributed by atoms with Crippen LogP contribution in [0.15, 0.2) is 17.3 Å². The summed E-state index contributed by atoms with van der Waals surface area (Å²) in [6.45, 7) is 0. The van der Waals surface area contributed by atoms with E-state index >= 15 is 0 Å². The van der Waals surface area contributed by atoms with Crippen LogP contribution in [0.2, 0.25) is 0 Å². The molecule has 0 unspecified atom stereocenters. The average molecular weight is 151 g/mol. The molecule has 0 bridgehead atoms. The van der Waals surface area contributed by atoms with Gasteiger partial charge in [0.25, 0.3) is 0 Å². The zero-order valence-electron chi connectivity index (χ0n) is 7.13. The standard InChI is InChI=1S/C8H13N3/c1-9-5-8-4-7(10-2)6-11(8)3/h4-6,10H,1-3H3/b9-5-. The minimum absolute atomic E-state index is 1.11. The molecule has 0 spiro atoms. The van der Waals surface area contributed by atoms with Crippen LogP contribution in [0.5, 0.6) is 0 Å². The minimum atomic E-state index is 1.11. The Kier molecular flexibility index (Phi) is 2.31. The van der Waals surface area contributed by atoms with Crippen LogP contribution in [-0.2, 0) is 7.05 Å². The summed E-state index contributed by atoms with van der Waals surface area (Å²) in [5.74, 6) is 0. The van der Waals surface area contributed by atoms with Crippen molar-refractivity contribution in [2.24, 2.45) is 12.0 Å². The maximum Gasteiger partial charge on any atom is 0.0606 e. The molecule has 3 heteroatoms. The summed E-state index contributed by atoms with van der Waals surface area (Å²) in [7, 11) is 5.67. The van der Waals surface area contributed by atoms with Crippen LogP contribution in [0.3, 0.4) is 0 Å². The minimum Gasteiger partial charge on any atom is -0.387 e. The molecule has 11 heavy (non-hydrogen) atoms. The molecule has 1 aromatic rings. The molecule has 0 saturated heterocycles. The van der Waals surface area contributed by atoms with E-state index in [1.165, 1.54) is 0 Å². The second kappa shape index (κ2) is 3.23. The van der Waals surface area contributed by atoms with Gasteiger partial charge in [-0.25, -0.2) is 0 Å². The van der Waals surface area contributed by atoms with E-state index in [1.807, 2.05) is 37.1 Å². The van der Waals surface area contributed by atoms with Gasteiger partial charge >= 0.3 is 0 Å². The van der Waals surface area contributed by atoms with Crippen molar-refractivity contribution in [1.82, 2.24) is 4.57 Å². The van der Waals surface area contributed by atoms with E-state index in [1.54, 1.807) is 7.05 Å². The molecule has 0 atom stereocenters. The van der Waals surface area contributed by atoms with Gasteiger partial charge in [-0.05, 0) is 6.07 Å². The Balaban J connectivity index is 2.97. The number of rotatable bonds is 2. The lowest BCUT2D eigenvalue weighted by atomic mass is 10.4. The maximum absolute atomic E-state index is 3.94. The molecule has 0 amide bonds.